The number of carboxylic acid groups (broad SMARTS) is 1. The number of benzene rings is 1. The zero-order valence-electron chi connectivity index (χ0n) is 9.58. The van der Waals surface area contributed by atoms with Crippen molar-refractivity contribution in [2.45, 2.75) is 13.0 Å². The summed E-state index contributed by atoms with van der Waals surface area (Å²) in [6.45, 7) is 1.18. The smallest absolute Gasteiger partial charge is 0.326 e. The summed E-state index contributed by atoms with van der Waals surface area (Å²) in [6.07, 6.45) is 0. The lowest BCUT2D eigenvalue weighted by Crippen LogP contribution is -2.41. The topological polar surface area (TPSA) is 57.6 Å². The number of carboxylic acids is 1. The minimum Gasteiger partial charge on any atom is -0.480 e. The van der Waals surface area contributed by atoms with Crippen LogP contribution in [0.5, 0.6) is 0 Å². The molecular weight excluding hydrogens is 251 g/mol. The van der Waals surface area contributed by atoms with Crippen LogP contribution in [0.1, 0.15) is 17.3 Å². The molecule has 0 aliphatic rings. The molecule has 0 fully saturated rings. The van der Waals surface area contributed by atoms with Gasteiger partial charge in [0.2, 0.25) is 0 Å². The van der Waals surface area contributed by atoms with Gasteiger partial charge in [-0.05, 0) is 6.92 Å². The third-order valence-electron chi connectivity index (χ3n) is 2.48. The number of carbonyl (C=O) groups excluding carboxylic acids is 1. The van der Waals surface area contributed by atoms with Crippen LogP contribution < -0.4 is 0 Å². The second-order valence-corrected chi connectivity index (χ2v) is 3.67. The Morgan fingerprint density at radius 2 is 1.67 bits per heavy atom. The maximum absolute atomic E-state index is 13.3. The number of nitrogens with zero attached hydrogens (tertiary/aromatic N) is 1. The highest BCUT2D eigenvalue weighted by molar-refractivity contribution is 5.96. The number of hydrogen-bond acceptors (Lipinski definition) is 2. The van der Waals surface area contributed by atoms with E-state index in [4.69, 9.17) is 5.11 Å². The number of hydrogen-bond donors (Lipinski definition) is 1. The number of carbonyl (C=O) groups is 2. The predicted molar refractivity (Wildman–Crippen MR) is 55.5 cm³/mol. The summed E-state index contributed by atoms with van der Waals surface area (Å²) >= 11 is 0. The first-order valence-electron chi connectivity index (χ1n) is 4.90. The van der Waals surface area contributed by atoms with Crippen molar-refractivity contribution in [3.63, 3.8) is 0 Å². The molecular formula is C11H10F3NO3. The molecule has 0 aliphatic carbocycles. The summed E-state index contributed by atoms with van der Waals surface area (Å²) in [6, 6.07) is -0.549. The Morgan fingerprint density at radius 3 is 2.06 bits per heavy atom. The molecule has 1 atom stereocenters. The fourth-order valence-corrected chi connectivity index (χ4v) is 1.26. The van der Waals surface area contributed by atoms with Gasteiger partial charge in [-0.2, -0.15) is 0 Å². The van der Waals surface area contributed by atoms with Crippen LogP contribution >= 0.6 is 0 Å². The van der Waals surface area contributed by atoms with Crippen LogP contribution in [-0.4, -0.2) is 35.0 Å². The molecule has 0 spiro atoms. The van der Waals surface area contributed by atoms with Crippen LogP contribution in [0.25, 0.3) is 0 Å². The van der Waals surface area contributed by atoms with Gasteiger partial charge in [0.15, 0.2) is 0 Å². The van der Waals surface area contributed by atoms with Crippen LogP contribution in [-0.2, 0) is 4.79 Å². The zero-order chi connectivity index (χ0) is 14.0. The summed E-state index contributed by atoms with van der Waals surface area (Å²) in [5.74, 6) is -6.40. The van der Waals surface area contributed by atoms with E-state index in [9.17, 15) is 22.8 Å². The predicted octanol–water partition coefficient (Wildman–Crippen LogP) is 1.65. The van der Waals surface area contributed by atoms with Crippen molar-refractivity contribution in [1.82, 2.24) is 4.90 Å². The summed E-state index contributed by atoms with van der Waals surface area (Å²) in [5, 5.41) is 8.69. The van der Waals surface area contributed by atoms with E-state index in [-0.39, 0.29) is 0 Å². The quantitative estimate of drug-likeness (QED) is 0.900. The van der Waals surface area contributed by atoms with Crippen LogP contribution in [0.3, 0.4) is 0 Å². The molecule has 0 radical (unpaired) electrons. The van der Waals surface area contributed by atoms with Gasteiger partial charge in [-0.1, -0.05) is 0 Å². The molecule has 1 aromatic rings. The Labute approximate surface area is 101 Å². The van der Waals surface area contributed by atoms with E-state index in [1.807, 2.05) is 0 Å². The highest BCUT2D eigenvalue weighted by atomic mass is 19.1. The first kappa shape index (κ1) is 14.0. The third-order valence-corrected chi connectivity index (χ3v) is 2.48. The van der Waals surface area contributed by atoms with Crippen molar-refractivity contribution in [3.05, 3.63) is 35.1 Å². The summed E-state index contributed by atoms with van der Waals surface area (Å²) in [5.41, 5.74) is -0.980. The molecule has 0 bridgehead atoms. The molecule has 1 amide bonds. The maximum Gasteiger partial charge on any atom is 0.326 e. The van der Waals surface area contributed by atoms with E-state index < -0.39 is 40.9 Å². The van der Waals surface area contributed by atoms with Gasteiger partial charge in [0.25, 0.3) is 5.91 Å². The van der Waals surface area contributed by atoms with E-state index in [2.05, 4.69) is 0 Å². The van der Waals surface area contributed by atoms with Gasteiger partial charge in [-0.3, -0.25) is 4.79 Å². The first-order chi connectivity index (χ1) is 8.25. The summed E-state index contributed by atoms with van der Waals surface area (Å²) in [4.78, 5) is 23.0. The van der Waals surface area contributed by atoms with Gasteiger partial charge in [-0.25, -0.2) is 18.0 Å². The fourth-order valence-electron chi connectivity index (χ4n) is 1.26. The van der Waals surface area contributed by atoms with Crippen molar-refractivity contribution < 1.29 is 27.9 Å². The maximum atomic E-state index is 13.3. The van der Waals surface area contributed by atoms with Crippen LogP contribution in [0.2, 0.25) is 0 Å². The van der Waals surface area contributed by atoms with Gasteiger partial charge in [0, 0.05) is 19.2 Å². The molecule has 7 heteroatoms. The van der Waals surface area contributed by atoms with Gasteiger partial charge in [-0.15, -0.1) is 0 Å². The molecule has 0 heterocycles. The van der Waals surface area contributed by atoms with Crippen molar-refractivity contribution in [3.8, 4) is 0 Å². The molecule has 98 valence electrons. The lowest BCUT2D eigenvalue weighted by atomic mass is 10.1. The molecule has 1 N–H and O–H groups in total. The summed E-state index contributed by atoms with van der Waals surface area (Å²) < 4.78 is 39.3. The van der Waals surface area contributed by atoms with Gasteiger partial charge in [0.05, 0.1) is 0 Å². The second-order valence-electron chi connectivity index (χ2n) is 3.67. The Bertz CT molecular complexity index is 481. The molecule has 0 saturated carbocycles. The lowest BCUT2D eigenvalue weighted by molar-refractivity contribution is -0.141. The van der Waals surface area contributed by atoms with Crippen molar-refractivity contribution in [2.24, 2.45) is 0 Å². The minimum absolute atomic E-state index is 0.357. The standard InChI is InChI=1S/C11H10F3NO3/c1-5(11(17)18)15(2)10(16)9-7(13)3-6(12)4-8(9)14/h3-5H,1-2H3,(H,17,18). The minimum atomic E-state index is -1.37. The second kappa shape index (κ2) is 5.07. The number of aliphatic carboxylic acids is 1. The SMILES string of the molecule is CC(C(=O)O)N(C)C(=O)c1c(F)cc(F)cc1F. The number of likely N-dealkylation sites (N-methyl/N-ethyl adjacent to an activating group) is 1. The number of amides is 1. The van der Waals surface area contributed by atoms with Gasteiger partial charge >= 0.3 is 5.97 Å². The van der Waals surface area contributed by atoms with Crippen molar-refractivity contribution in [2.75, 3.05) is 7.05 Å². The monoisotopic (exact) mass is 261 g/mol. The fraction of sp³-hybridized carbons (Fsp3) is 0.273. The van der Waals surface area contributed by atoms with Gasteiger partial charge < -0.3 is 10.0 Å². The molecule has 0 aromatic heterocycles. The molecule has 4 nitrogen and oxygen atoms in total. The van der Waals surface area contributed by atoms with Crippen molar-refractivity contribution >= 4 is 11.9 Å². The van der Waals surface area contributed by atoms with E-state index in [1.54, 1.807) is 0 Å². The van der Waals surface area contributed by atoms with E-state index in [0.29, 0.717) is 17.0 Å². The molecule has 1 unspecified atom stereocenters. The molecule has 1 aromatic carbocycles. The van der Waals surface area contributed by atoms with Crippen molar-refractivity contribution in [1.29, 1.82) is 0 Å². The third kappa shape index (κ3) is 2.61. The zero-order valence-corrected chi connectivity index (χ0v) is 9.58. The lowest BCUT2D eigenvalue weighted by Gasteiger charge is -2.21. The number of rotatable bonds is 3. The van der Waals surface area contributed by atoms with Gasteiger partial charge in [0.1, 0.15) is 29.1 Å². The van der Waals surface area contributed by atoms with E-state index in [0.717, 1.165) is 7.05 Å². The van der Waals surface area contributed by atoms with Crippen LogP contribution in [0.15, 0.2) is 12.1 Å². The molecule has 1 rings (SSSR count). The summed E-state index contributed by atoms with van der Waals surface area (Å²) in [7, 11) is 1.09. The van der Waals surface area contributed by atoms with Crippen LogP contribution in [0, 0.1) is 17.5 Å². The van der Waals surface area contributed by atoms with E-state index >= 15 is 0 Å². The highest BCUT2D eigenvalue weighted by Crippen LogP contribution is 2.17. The first-order valence-corrected chi connectivity index (χ1v) is 4.90. The molecule has 0 aliphatic heterocycles. The average molecular weight is 261 g/mol. The number of halogens is 3. The molecule has 18 heavy (non-hydrogen) atoms. The average Bonchev–Trinajstić information content (AvgIpc) is 2.25. The largest absolute Gasteiger partial charge is 0.480 e. The molecule has 0 saturated heterocycles. The Morgan fingerprint density at radius 1 is 1.22 bits per heavy atom. The Balaban J connectivity index is 3.16. The Hall–Kier alpha value is -2.05. The Kier molecular flexibility index (Phi) is 3.95. The normalized spacial score (nSPS) is 12.1. The highest BCUT2D eigenvalue weighted by Gasteiger charge is 2.27. The van der Waals surface area contributed by atoms with Crippen LogP contribution in [0.4, 0.5) is 13.2 Å². The van der Waals surface area contributed by atoms with E-state index in [1.165, 1.54) is 6.92 Å².